The van der Waals surface area contributed by atoms with Gasteiger partial charge in [-0.05, 0) is 24.4 Å². The van der Waals surface area contributed by atoms with Crippen LogP contribution in [0.2, 0.25) is 0 Å². The molecule has 0 aliphatic rings. The van der Waals surface area contributed by atoms with Crippen molar-refractivity contribution in [1.29, 1.82) is 0 Å². The number of esters is 1. The summed E-state index contributed by atoms with van der Waals surface area (Å²) >= 11 is 1.26. The van der Waals surface area contributed by atoms with Gasteiger partial charge in [0.25, 0.3) is 5.91 Å². The molecular weight excluding hydrogens is 394 g/mol. The van der Waals surface area contributed by atoms with Gasteiger partial charge >= 0.3 is 5.97 Å². The third-order valence-electron chi connectivity index (χ3n) is 4.12. The number of carbonyl (C=O) groups is 4. The van der Waals surface area contributed by atoms with Crippen LogP contribution >= 0.6 is 11.3 Å². The molecule has 2 heterocycles. The van der Waals surface area contributed by atoms with Gasteiger partial charge in [-0.1, -0.05) is 24.3 Å². The summed E-state index contributed by atoms with van der Waals surface area (Å²) in [4.78, 5) is 51.5. The SMILES string of the molecule is C[C@@H](OC(=O)CNC(=O)CNC(=O)c1cccs1)C(=O)c1c[nH]c2ccccc12. The summed E-state index contributed by atoms with van der Waals surface area (Å²) in [6.07, 6.45) is 0.576. The first-order valence-corrected chi connectivity index (χ1v) is 9.72. The number of ketones is 1. The summed E-state index contributed by atoms with van der Waals surface area (Å²) in [5, 5.41) is 7.30. The van der Waals surface area contributed by atoms with Gasteiger partial charge in [-0.3, -0.25) is 19.2 Å². The summed E-state index contributed by atoms with van der Waals surface area (Å²) in [6, 6.07) is 10.7. The number of ether oxygens (including phenoxy) is 1. The van der Waals surface area contributed by atoms with E-state index in [0.717, 1.165) is 10.9 Å². The number of Topliss-reactive ketones (excluding diaryl/α,β-unsaturated/α-hetero) is 1. The Morgan fingerprint density at radius 1 is 1.07 bits per heavy atom. The van der Waals surface area contributed by atoms with E-state index in [-0.39, 0.29) is 18.2 Å². The molecule has 3 N–H and O–H groups in total. The lowest BCUT2D eigenvalue weighted by molar-refractivity contribution is -0.146. The Balaban J connectivity index is 1.44. The summed E-state index contributed by atoms with van der Waals surface area (Å²) in [5.74, 6) is -1.99. The standard InChI is InChI=1S/C20H19N3O5S/c1-12(19(26)14-9-21-15-6-3-2-5-13(14)15)28-18(25)11-22-17(24)10-23-20(27)16-7-4-8-29-16/h2-9,12,21H,10-11H2,1H3,(H,22,24)(H,23,27)/t12-/m1/s1. The number of thiophene rings is 1. The molecule has 0 bridgehead atoms. The van der Waals surface area contributed by atoms with Crippen LogP contribution in [0.5, 0.6) is 0 Å². The number of aromatic nitrogens is 1. The summed E-state index contributed by atoms with van der Waals surface area (Å²) in [6.45, 7) is 0.804. The molecule has 29 heavy (non-hydrogen) atoms. The zero-order valence-electron chi connectivity index (χ0n) is 15.6. The van der Waals surface area contributed by atoms with Crippen LogP contribution in [0.3, 0.4) is 0 Å². The van der Waals surface area contributed by atoms with Crippen LogP contribution in [0.4, 0.5) is 0 Å². The fourth-order valence-electron chi connectivity index (χ4n) is 2.68. The van der Waals surface area contributed by atoms with Crippen LogP contribution in [-0.4, -0.2) is 47.7 Å². The van der Waals surface area contributed by atoms with Gasteiger partial charge in [0.2, 0.25) is 11.7 Å². The Morgan fingerprint density at radius 3 is 2.62 bits per heavy atom. The molecule has 9 heteroatoms. The first kappa shape index (κ1) is 20.3. The number of fused-ring (bicyclic) bond motifs is 1. The smallest absolute Gasteiger partial charge is 0.326 e. The van der Waals surface area contributed by atoms with Crippen molar-refractivity contribution in [3.63, 3.8) is 0 Å². The first-order valence-electron chi connectivity index (χ1n) is 8.84. The lowest BCUT2D eigenvalue weighted by atomic mass is 10.1. The van der Waals surface area contributed by atoms with Crippen molar-refractivity contribution >= 4 is 45.8 Å². The van der Waals surface area contributed by atoms with Crippen LogP contribution in [0.25, 0.3) is 10.9 Å². The second-order valence-electron chi connectivity index (χ2n) is 6.18. The van der Waals surface area contributed by atoms with Gasteiger partial charge in [-0.15, -0.1) is 11.3 Å². The number of nitrogens with one attached hydrogen (secondary N) is 3. The molecule has 150 valence electrons. The van der Waals surface area contributed by atoms with Gasteiger partial charge in [-0.25, -0.2) is 0 Å². The van der Waals surface area contributed by atoms with E-state index in [9.17, 15) is 19.2 Å². The second kappa shape index (κ2) is 9.16. The lowest BCUT2D eigenvalue weighted by Gasteiger charge is -2.12. The summed E-state index contributed by atoms with van der Waals surface area (Å²) < 4.78 is 5.12. The fourth-order valence-corrected chi connectivity index (χ4v) is 3.32. The fraction of sp³-hybridized carbons (Fsp3) is 0.200. The number of para-hydroxylation sites is 1. The number of aromatic amines is 1. The van der Waals surface area contributed by atoms with E-state index >= 15 is 0 Å². The molecule has 0 radical (unpaired) electrons. The maximum atomic E-state index is 12.6. The highest BCUT2D eigenvalue weighted by Gasteiger charge is 2.22. The van der Waals surface area contributed by atoms with E-state index in [1.54, 1.807) is 29.8 Å². The van der Waals surface area contributed by atoms with Crippen molar-refractivity contribution in [2.24, 2.45) is 0 Å². The maximum absolute atomic E-state index is 12.6. The Bertz CT molecular complexity index is 1040. The van der Waals surface area contributed by atoms with Gasteiger partial charge in [0.1, 0.15) is 6.54 Å². The predicted octanol–water partition coefficient (Wildman–Crippen LogP) is 1.89. The highest BCUT2D eigenvalue weighted by molar-refractivity contribution is 7.12. The quantitative estimate of drug-likeness (QED) is 0.385. The Kier molecular flexibility index (Phi) is 6.40. The van der Waals surface area contributed by atoms with Crippen LogP contribution in [-0.2, 0) is 14.3 Å². The molecule has 8 nitrogen and oxygen atoms in total. The third-order valence-corrected chi connectivity index (χ3v) is 4.99. The number of benzene rings is 1. The average Bonchev–Trinajstić information content (AvgIpc) is 3.39. The Hall–Kier alpha value is -3.46. The number of rotatable bonds is 8. The van der Waals surface area contributed by atoms with Crippen LogP contribution in [0.15, 0.2) is 48.0 Å². The summed E-state index contributed by atoms with van der Waals surface area (Å²) in [5.41, 5.74) is 1.24. The maximum Gasteiger partial charge on any atom is 0.326 e. The van der Waals surface area contributed by atoms with Crippen molar-refractivity contribution in [3.05, 3.63) is 58.4 Å². The van der Waals surface area contributed by atoms with Crippen molar-refractivity contribution < 1.29 is 23.9 Å². The molecule has 0 fully saturated rings. The molecule has 1 atom stereocenters. The Morgan fingerprint density at radius 2 is 1.86 bits per heavy atom. The van der Waals surface area contributed by atoms with Gasteiger partial charge in [0, 0.05) is 22.7 Å². The first-order chi connectivity index (χ1) is 14.0. The van der Waals surface area contributed by atoms with Crippen LogP contribution in [0.1, 0.15) is 27.0 Å². The largest absolute Gasteiger partial charge is 0.453 e. The predicted molar refractivity (Wildman–Crippen MR) is 108 cm³/mol. The molecule has 3 rings (SSSR count). The van der Waals surface area contributed by atoms with Crippen molar-refractivity contribution in [2.75, 3.05) is 13.1 Å². The van der Waals surface area contributed by atoms with E-state index in [0.29, 0.717) is 10.4 Å². The number of hydrogen-bond acceptors (Lipinski definition) is 6. The van der Waals surface area contributed by atoms with Gasteiger partial charge in [0.05, 0.1) is 11.4 Å². The summed E-state index contributed by atoms with van der Waals surface area (Å²) in [7, 11) is 0. The third kappa shape index (κ3) is 5.08. The highest BCUT2D eigenvalue weighted by Crippen LogP contribution is 2.19. The molecular formula is C20H19N3O5S. The molecule has 0 saturated carbocycles. The minimum Gasteiger partial charge on any atom is -0.453 e. The molecule has 3 aromatic rings. The van der Waals surface area contributed by atoms with Crippen LogP contribution in [0, 0.1) is 0 Å². The molecule has 0 aliphatic carbocycles. The van der Waals surface area contributed by atoms with Crippen LogP contribution < -0.4 is 10.6 Å². The van der Waals surface area contributed by atoms with Gasteiger partial charge in [-0.2, -0.15) is 0 Å². The van der Waals surface area contributed by atoms with Crippen molar-refractivity contribution in [3.8, 4) is 0 Å². The van der Waals surface area contributed by atoms with E-state index in [4.69, 9.17) is 4.74 Å². The molecule has 0 saturated heterocycles. The monoisotopic (exact) mass is 413 g/mol. The average molecular weight is 413 g/mol. The van der Waals surface area contributed by atoms with Crippen molar-refractivity contribution in [1.82, 2.24) is 15.6 Å². The number of amides is 2. The van der Waals surface area contributed by atoms with E-state index in [2.05, 4.69) is 15.6 Å². The highest BCUT2D eigenvalue weighted by atomic mass is 32.1. The molecule has 0 spiro atoms. The number of carbonyl (C=O) groups excluding carboxylic acids is 4. The van der Waals surface area contributed by atoms with Crippen molar-refractivity contribution in [2.45, 2.75) is 13.0 Å². The number of hydrogen-bond donors (Lipinski definition) is 3. The molecule has 1 aromatic carbocycles. The molecule has 0 aliphatic heterocycles. The molecule has 2 amide bonds. The zero-order chi connectivity index (χ0) is 20.8. The topological polar surface area (TPSA) is 117 Å². The minimum absolute atomic E-state index is 0.270. The van der Waals surface area contributed by atoms with E-state index in [1.165, 1.54) is 18.3 Å². The second-order valence-corrected chi connectivity index (χ2v) is 7.13. The number of H-pyrrole nitrogens is 1. The minimum atomic E-state index is -1.00. The van der Waals surface area contributed by atoms with Gasteiger partial charge in [0.15, 0.2) is 6.10 Å². The normalized spacial score (nSPS) is 11.6. The van der Waals surface area contributed by atoms with E-state index in [1.807, 2.05) is 18.2 Å². The van der Waals surface area contributed by atoms with E-state index < -0.39 is 24.5 Å². The molecule has 0 unspecified atom stereocenters. The lowest BCUT2D eigenvalue weighted by Crippen LogP contribution is -2.40. The van der Waals surface area contributed by atoms with Gasteiger partial charge < -0.3 is 20.4 Å². The Labute approximate surface area is 170 Å². The molecule has 2 aromatic heterocycles. The zero-order valence-corrected chi connectivity index (χ0v) is 16.4.